The monoisotopic (exact) mass is 270 g/mol. The first kappa shape index (κ1) is 13.6. The third kappa shape index (κ3) is 2.93. The molecule has 0 amide bonds. The van der Waals surface area contributed by atoms with Crippen LogP contribution in [-0.2, 0) is 10.2 Å². The van der Waals surface area contributed by atoms with E-state index >= 15 is 0 Å². The first-order valence-electron chi connectivity index (χ1n) is 6.17. The SMILES string of the molecule is Cc1c(Cl)nc(C(C)(C)C)nc1OC1CCOC1. The molecule has 0 radical (unpaired) electrons. The van der Waals surface area contributed by atoms with Crippen molar-refractivity contribution in [1.82, 2.24) is 9.97 Å². The van der Waals surface area contributed by atoms with Crippen LogP contribution in [0.3, 0.4) is 0 Å². The van der Waals surface area contributed by atoms with Gasteiger partial charge in [0.05, 0.1) is 13.2 Å². The number of nitrogens with zero attached hydrogens (tertiary/aromatic N) is 2. The normalized spacial score (nSPS) is 20.2. The van der Waals surface area contributed by atoms with Gasteiger partial charge in [-0.1, -0.05) is 32.4 Å². The molecule has 1 saturated heterocycles. The molecular weight excluding hydrogens is 252 g/mol. The maximum Gasteiger partial charge on any atom is 0.221 e. The van der Waals surface area contributed by atoms with Crippen LogP contribution in [0.4, 0.5) is 0 Å². The minimum Gasteiger partial charge on any atom is -0.471 e. The van der Waals surface area contributed by atoms with Crippen molar-refractivity contribution in [2.24, 2.45) is 0 Å². The second-order valence-corrected chi connectivity index (χ2v) is 5.98. The summed E-state index contributed by atoms with van der Waals surface area (Å²) in [5.74, 6) is 1.28. The molecule has 0 aromatic carbocycles. The second kappa shape index (κ2) is 5.02. The number of aromatic nitrogens is 2. The molecule has 0 saturated carbocycles. The molecule has 1 aliphatic heterocycles. The first-order valence-corrected chi connectivity index (χ1v) is 6.55. The maximum absolute atomic E-state index is 6.15. The van der Waals surface area contributed by atoms with E-state index in [4.69, 9.17) is 21.1 Å². The predicted molar refractivity (Wildman–Crippen MR) is 70.3 cm³/mol. The highest BCUT2D eigenvalue weighted by molar-refractivity contribution is 6.30. The zero-order chi connectivity index (χ0) is 13.3. The van der Waals surface area contributed by atoms with Gasteiger partial charge in [-0.2, -0.15) is 4.98 Å². The van der Waals surface area contributed by atoms with E-state index < -0.39 is 0 Å². The summed E-state index contributed by atoms with van der Waals surface area (Å²) in [6, 6.07) is 0. The molecule has 0 aliphatic carbocycles. The van der Waals surface area contributed by atoms with Crippen LogP contribution >= 0.6 is 11.6 Å². The van der Waals surface area contributed by atoms with Crippen molar-refractivity contribution < 1.29 is 9.47 Å². The Morgan fingerprint density at radius 1 is 1.33 bits per heavy atom. The minimum atomic E-state index is -0.151. The summed E-state index contributed by atoms with van der Waals surface area (Å²) in [6.07, 6.45) is 0.967. The van der Waals surface area contributed by atoms with Crippen molar-refractivity contribution in [3.8, 4) is 5.88 Å². The Morgan fingerprint density at radius 2 is 2.06 bits per heavy atom. The first-order chi connectivity index (χ1) is 8.38. The number of hydrogen-bond donors (Lipinski definition) is 0. The average molecular weight is 271 g/mol. The van der Waals surface area contributed by atoms with Crippen LogP contribution in [0.2, 0.25) is 5.15 Å². The van der Waals surface area contributed by atoms with Crippen LogP contribution in [0.25, 0.3) is 0 Å². The Morgan fingerprint density at radius 3 is 2.61 bits per heavy atom. The van der Waals surface area contributed by atoms with Crippen molar-refractivity contribution in [1.29, 1.82) is 0 Å². The number of hydrogen-bond acceptors (Lipinski definition) is 4. The molecule has 0 N–H and O–H groups in total. The lowest BCUT2D eigenvalue weighted by molar-refractivity contribution is 0.137. The standard InChI is InChI=1S/C13H19ClN2O2/c1-8-10(14)15-12(13(2,3)4)16-11(8)18-9-5-6-17-7-9/h9H,5-7H2,1-4H3. The summed E-state index contributed by atoms with van der Waals surface area (Å²) >= 11 is 6.15. The maximum atomic E-state index is 6.15. The molecule has 1 atom stereocenters. The lowest BCUT2D eigenvalue weighted by atomic mass is 9.96. The topological polar surface area (TPSA) is 44.2 Å². The van der Waals surface area contributed by atoms with Gasteiger partial charge in [-0.3, -0.25) is 0 Å². The fourth-order valence-electron chi connectivity index (χ4n) is 1.68. The molecule has 100 valence electrons. The van der Waals surface area contributed by atoms with Gasteiger partial charge in [0.15, 0.2) is 0 Å². The largest absolute Gasteiger partial charge is 0.471 e. The van der Waals surface area contributed by atoms with Gasteiger partial charge in [0.25, 0.3) is 0 Å². The Balaban J connectivity index is 2.30. The summed E-state index contributed by atoms with van der Waals surface area (Å²) in [6.45, 7) is 9.39. The molecule has 1 unspecified atom stereocenters. The quantitative estimate of drug-likeness (QED) is 0.775. The van der Waals surface area contributed by atoms with Crippen LogP contribution in [0, 0.1) is 6.92 Å². The molecule has 2 rings (SSSR count). The average Bonchev–Trinajstić information content (AvgIpc) is 2.75. The Hall–Kier alpha value is -0.870. The second-order valence-electron chi connectivity index (χ2n) is 5.62. The van der Waals surface area contributed by atoms with Crippen LogP contribution in [0.5, 0.6) is 5.88 Å². The summed E-state index contributed by atoms with van der Waals surface area (Å²) in [7, 11) is 0. The molecule has 18 heavy (non-hydrogen) atoms. The van der Waals surface area contributed by atoms with Crippen molar-refractivity contribution in [3.05, 3.63) is 16.5 Å². The minimum absolute atomic E-state index is 0.0717. The lowest BCUT2D eigenvalue weighted by Gasteiger charge is -2.20. The highest BCUT2D eigenvalue weighted by atomic mass is 35.5. The van der Waals surface area contributed by atoms with Gasteiger partial charge in [0.2, 0.25) is 5.88 Å². The predicted octanol–water partition coefficient (Wildman–Crippen LogP) is 2.90. The van der Waals surface area contributed by atoms with Crippen molar-refractivity contribution >= 4 is 11.6 Å². The zero-order valence-corrected chi connectivity index (χ0v) is 12.0. The van der Waals surface area contributed by atoms with E-state index in [9.17, 15) is 0 Å². The molecular formula is C13H19ClN2O2. The Kier molecular flexibility index (Phi) is 3.78. The van der Waals surface area contributed by atoms with Crippen molar-refractivity contribution in [3.63, 3.8) is 0 Å². The van der Waals surface area contributed by atoms with Crippen molar-refractivity contribution in [2.45, 2.75) is 45.6 Å². The molecule has 4 nitrogen and oxygen atoms in total. The molecule has 2 heterocycles. The van der Waals surface area contributed by atoms with E-state index in [-0.39, 0.29) is 11.5 Å². The van der Waals surface area contributed by atoms with Gasteiger partial charge in [-0.15, -0.1) is 0 Å². The van der Waals surface area contributed by atoms with Crippen molar-refractivity contribution in [2.75, 3.05) is 13.2 Å². The van der Waals surface area contributed by atoms with Gasteiger partial charge >= 0.3 is 0 Å². The zero-order valence-electron chi connectivity index (χ0n) is 11.3. The van der Waals surface area contributed by atoms with E-state index in [0.29, 0.717) is 23.5 Å². The van der Waals surface area contributed by atoms with Gasteiger partial charge in [0.1, 0.15) is 17.1 Å². The van der Waals surface area contributed by atoms with Gasteiger partial charge in [0, 0.05) is 17.4 Å². The fraction of sp³-hybridized carbons (Fsp3) is 0.692. The molecule has 1 fully saturated rings. The summed E-state index contributed by atoms with van der Waals surface area (Å²) in [5, 5.41) is 0.462. The van der Waals surface area contributed by atoms with Gasteiger partial charge in [-0.25, -0.2) is 4.98 Å². The molecule has 0 spiro atoms. The highest BCUT2D eigenvalue weighted by Gasteiger charge is 2.24. The van der Waals surface area contributed by atoms with Crippen LogP contribution in [0.1, 0.15) is 38.6 Å². The fourth-order valence-corrected chi connectivity index (χ4v) is 1.84. The Bertz CT molecular complexity index is 437. The third-order valence-electron chi connectivity index (χ3n) is 2.88. The highest BCUT2D eigenvalue weighted by Crippen LogP contribution is 2.28. The molecule has 1 aromatic heterocycles. The lowest BCUT2D eigenvalue weighted by Crippen LogP contribution is -2.21. The summed E-state index contributed by atoms with van der Waals surface area (Å²) in [5.41, 5.74) is 0.637. The van der Waals surface area contributed by atoms with Crippen LogP contribution < -0.4 is 4.74 Å². The smallest absolute Gasteiger partial charge is 0.221 e. The van der Waals surface area contributed by atoms with Crippen LogP contribution in [-0.4, -0.2) is 29.3 Å². The molecule has 5 heteroatoms. The number of rotatable bonds is 2. The molecule has 0 bridgehead atoms. The van der Waals surface area contributed by atoms with E-state index in [0.717, 1.165) is 18.6 Å². The summed E-state index contributed by atoms with van der Waals surface area (Å²) < 4.78 is 11.2. The van der Waals surface area contributed by atoms with E-state index in [2.05, 4.69) is 30.7 Å². The van der Waals surface area contributed by atoms with E-state index in [1.807, 2.05) is 6.92 Å². The molecule has 1 aliphatic rings. The Labute approximate surface area is 113 Å². The van der Waals surface area contributed by atoms with E-state index in [1.54, 1.807) is 0 Å². The summed E-state index contributed by atoms with van der Waals surface area (Å²) in [4.78, 5) is 8.82. The van der Waals surface area contributed by atoms with Crippen LogP contribution in [0.15, 0.2) is 0 Å². The number of ether oxygens (including phenoxy) is 2. The molecule has 1 aromatic rings. The van der Waals surface area contributed by atoms with Gasteiger partial charge < -0.3 is 9.47 Å². The third-order valence-corrected chi connectivity index (χ3v) is 3.25. The van der Waals surface area contributed by atoms with E-state index in [1.165, 1.54) is 0 Å². The number of halogens is 1. The van der Waals surface area contributed by atoms with Gasteiger partial charge in [-0.05, 0) is 6.92 Å².